The number of terminal acetylenes is 1. The third-order valence-electron chi connectivity index (χ3n) is 1.95. The molecule has 1 N–H and O–H groups in total. The molecule has 0 heterocycles. The number of rotatable bonds is 3. The third kappa shape index (κ3) is 3.03. The summed E-state index contributed by atoms with van der Waals surface area (Å²) in [6, 6.07) is 7.25. The van der Waals surface area contributed by atoms with Crippen molar-refractivity contribution in [3.05, 3.63) is 29.8 Å². The van der Waals surface area contributed by atoms with Crippen LogP contribution in [-0.4, -0.2) is 17.0 Å². The Morgan fingerprint density at radius 3 is 2.93 bits per heavy atom. The average molecular weight is 203 g/mol. The van der Waals surface area contributed by atoms with Gasteiger partial charge in [-0.2, -0.15) is 0 Å². The number of hydrogen-bond acceptors (Lipinski definition) is 3. The molecular weight excluding hydrogens is 190 g/mol. The van der Waals surface area contributed by atoms with Crippen molar-refractivity contribution < 1.29 is 9.94 Å². The van der Waals surface area contributed by atoms with E-state index in [1.54, 1.807) is 19.9 Å². The van der Waals surface area contributed by atoms with E-state index in [1.807, 2.05) is 18.2 Å². The highest BCUT2D eigenvalue weighted by molar-refractivity contribution is 5.98. The Bertz CT molecular complexity index is 404. The van der Waals surface area contributed by atoms with Gasteiger partial charge in [0.15, 0.2) is 6.10 Å². The van der Waals surface area contributed by atoms with Crippen LogP contribution in [0, 0.1) is 12.3 Å². The summed E-state index contributed by atoms with van der Waals surface area (Å²) >= 11 is 0. The van der Waals surface area contributed by atoms with E-state index in [0.717, 1.165) is 5.56 Å². The zero-order valence-electron chi connectivity index (χ0n) is 8.77. The summed E-state index contributed by atoms with van der Waals surface area (Å²) in [7, 11) is 0. The predicted octanol–water partition coefficient (Wildman–Crippen LogP) is 2.29. The van der Waals surface area contributed by atoms with Gasteiger partial charge in [0, 0.05) is 5.56 Å². The van der Waals surface area contributed by atoms with Crippen LogP contribution >= 0.6 is 0 Å². The van der Waals surface area contributed by atoms with Gasteiger partial charge in [0.2, 0.25) is 0 Å². The fourth-order valence-electron chi connectivity index (χ4n) is 1.09. The molecule has 1 aromatic rings. The molecule has 1 unspecified atom stereocenters. The second-order valence-electron chi connectivity index (χ2n) is 3.14. The van der Waals surface area contributed by atoms with Crippen molar-refractivity contribution in [2.75, 3.05) is 0 Å². The van der Waals surface area contributed by atoms with Gasteiger partial charge in [0.05, 0.1) is 5.71 Å². The molecule has 0 saturated heterocycles. The Hall–Kier alpha value is -1.95. The Morgan fingerprint density at radius 1 is 1.60 bits per heavy atom. The van der Waals surface area contributed by atoms with Gasteiger partial charge in [0.1, 0.15) is 5.75 Å². The maximum Gasteiger partial charge on any atom is 0.156 e. The van der Waals surface area contributed by atoms with Gasteiger partial charge < -0.3 is 9.94 Å². The summed E-state index contributed by atoms with van der Waals surface area (Å²) in [5.74, 6) is 3.14. The van der Waals surface area contributed by atoms with Gasteiger partial charge in [-0.25, -0.2) is 0 Å². The van der Waals surface area contributed by atoms with Crippen LogP contribution in [0.25, 0.3) is 0 Å². The van der Waals surface area contributed by atoms with Crippen molar-refractivity contribution in [3.63, 3.8) is 0 Å². The summed E-state index contributed by atoms with van der Waals surface area (Å²) in [5, 5.41) is 11.7. The second kappa shape index (κ2) is 5.06. The first kappa shape index (κ1) is 11.1. The molecule has 0 aliphatic heterocycles. The highest BCUT2D eigenvalue weighted by Gasteiger charge is 2.02. The summed E-state index contributed by atoms with van der Waals surface area (Å²) in [4.78, 5) is 0. The molecule has 3 nitrogen and oxygen atoms in total. The smallest absolute Gasteiger partial charge is 0.156 e. The highest BCUT2D eigenvalue weighted by Crippen LogP contribution is 2.15. The van der Waals surface area contributed by atoms with Gasteiger partial charge >= 0.3 is 0 Å². The average Bonchev–Trinajstić information content (AvgIpc) is 2.28. The van der Waals surface area contributed by atoms with E-state index < -0.39 is 0 Å². The fourth-order valence-corrected chi connectivity index (χ4v) is 1.09. The molecule has 0 aliphatic carbocycles. The predicted molar refractivity (Wildman–Crippen MR) is 59.4 cm³/mol. The van der Waals surface area contributed by atoms with E-state index in [4.69, 9.17) is 16.4 Å². The minimum atomic E-state index is -0.272. The standard InChI is InChI=1S/C12H13NO2/c1-4-9(2)15-12-7-5-6-11(8-12)10(3)13-14/h1,5-9,14H,2-3H3. The quantitative estimate of drug-likeness (QED) is 0.354. The first-order valence-electron chi connectivity index (χ1n) is 4.59. The number of benzene rings is 1. The molecule has 0 fully saturated rings. The molecule has 0 aromatic heterocycles. The number of hydrogen-bond donors (Lipinski definition) is 1. The second-order valence-corrected chi connectivity index (χ2v) is 3.14. The van der Waals surface area contributed by atoms with Crippen LogP contribution in [0.1, 0.15) is 19.4 Å². The number of oxime groups is 1. The van der Waals surface area contributed by atoms with Crippen LogP contribution in [-0.2, 0) is 0 Å². The maximum atomic E-state index is 8.62. The molecule has 1 aromatic carbocycles. The van der Waals surface area contributed by atoms with Crippen LogP contribution in [0.4, 0.5) is 0 Å². The monoisotopic (exact) mass is 203 g/mol. The summed E-state index contributed by atoms with van der Waals surface area (Å²) in [6.07, 6.45) is 4.93. The Morgan fingerprint density at radius 2 is 2.33 bits per heavy atom. The van der Waals surface area contributed by atoms with E-state index in [1.165, 1.54) is 0 Å². The van der Waals surface area contributed by atoms with Crippen LogP contribution in [0.5, 0.6) is 5.75 Å². The number of ether oxygens (including phenoxy) is 1. The zero-order chi connectivity index (χ0) is 11.3. The summed E-state index contributed by atoms with van der Waals surface area (Å²) in [6.45, 7) is 3.50. The summed E-state index contributed by atoms with van der Waals surface area (Å²) < 4.78 is 5.43. The van der Waals surface area contributed by atoms with Crippen molar-refractivity contribution in [3.8, 4) is 18.1 Å². The van der Waals surface area contributed by atoms with Crippen molar-refractivity contribution >= 4 is 5.71 Å². The Balaban J connectivity index is 2.89. The minimum absolute atomic E-state index is 0.272. The lowest BCUT2D eigenvalue weighted by atomic mass is 10.1. The van der Waals surface area contributed by atoms with E-state index in [2.05, 4.69) is 11.1 Å². The van der Waals surface area contributed by atoms with Crippen molar-refractivity contribution in [1.82, 2.24) is 0 Å². The fraction of sp³-hybridized carbons (Fsp3) is 0.250. The molecule has 0 spiro atoms. The van der Waals surface area contributed by atoms with Gasteiger partial charge in [-0.05, 0) is 26.0 Å². The molecule has 1 rings (SSSR count). The molecule has 15 heavy (non-hydrogen) atoms. The van der Waals surface area contributed by atoms with Gasteiger partial charge in [-0.3, -0.25) is 0 Å². The highest BCUT2D eigenvalue weighted by atomic mass is 16.5. The molecular formula is C12H13NO2. The van der Waals surface area contributed by atoms with Crippen LogP contribution in [0.15, 0.2) is 29.4 Å². The van der Waals surface area contributed by atoms with Crippen LogP contribution < -0.4 is 4.74 Å². The summed E-state index contributed by atoms with van der Waals surface area (Å²) in [5.41, 5.74) is 1.34. The largest absolute Gasteiger partial charge is 0.478 e. The molecule has 78 valence electrons. The lowest BCUT2D eigenvalue weighted by Crippen LogP contribution is -2.08. The maximum absolute atomic E-state index is 8.62. The zero-order valence-corrected chi connectivity index (χ0v) is 8.77. The molecule has 0 radical (unpaired) electrons. The first-order chi connectivity index (χ1) is 7.17. The third-order valence-corrected chi connectivity index (χ3v) is 1.95. The van der Waals surface area contributed by atoms with E-state index in [9.17, 15) is 0 Å². The van der Waals surface area contributed by atoms with E-state index in [0.29, 0.717) is 11.5 Å². The Kier molecular flexibility index (Phi) is 3.75. The lowest BCUT2D eigenvalue weighted by Gasteiger charge is -2.09. The SMILES string of the molecule is C#CC(C)Oc1cccc(C(C)=NO)c1. The molecule has 1 atom stereocenters. The van der Waals surface area contributed by atoms with Gasteiger partial charge in [-0.1, -0.05) is 23.2 Å². The van der Waals surface area contributed by atoms with Gasteiger partial charge in [-0.15, -0.1) is 6.42 Å². The molecule has 0 bridgehead atoms. The Labute approximate surface area is 89.4 Å². The molecule has 0 saturated carbocycles. The topological polar surface area (TPSA) is 41.8 Å². The lowest BCUT2D eigenvalue weighted by molar-refractivity contribution is 0.279. The normalized spacial score (nSPS) is 13.0. The van der Waals surface area contributed by atoms with Crippen LogP contribution in [0.3, 0.4) is 0 Å². The number of nitrogens with zero attached hydrogens (tertiary/aromatic N) is 1. The van der Waals surface area contributed by atoms with Gasteiger partial charge in [0.25, 0.3) is 0 Å². The van der Waals surface area contributed by atoms with Crippen LogP contribution in [0.2, 0.25) is 0 Å². The van der Waals surface area contributed by atoms with Crippen molar-refractivity contribution in [2.24, 2.45) is 5.16 Å². The van der Waals surface area contributed by atoms with Crippen molar-refractivity contribution in [2.45, 2.75) is 20.0 Å². The van der Waals surface area contributed by atoms with E-state index >= 15 is 0 Å². The molecule has 3 heteroatoms. The first-order valence-corrected chi connectivity index (χ1v) is 4.59. The van der Waals surface area contributed by atoms with E-state index in [-0.39, 0.29) is 6.10 Å². The van der Waals surface area contributed by atoms with Crippen molar-refractivity contribution in [1.29, 1.82) is 0 Å². The molecule has 0 amide bonds. The molecule has 0 aliphatic rings. The minimum Gasteiger partial charge on any atom is -0.478 e.